The summed E-state index contributed by atoms with van der Waals surface area (Å²) in [7, 11) is 1.92. The molecule has 1 aromatic rings. The highest BCUT2D eigenvalue weighted by molar-refractivity contribution is 5.86. The van der Waals surface area contributed by atoms with Gasteiger partial charge in [-0.2, -0.15) is 5.10 Å². The summed E-state index contributed by atoms with van der Waals surface area (Å²) in [5.74, 6) is 0.124. The van der Waals surface area contributed by atoms with Crippen molar-refractivity contribution >= 4 is 11.9 Å². The zero-order valence-electron chi connectivity index (χ0n) is 15.3. The SMILES string of the molecule is Cc1nn(C)c(C)c1CN(C[C@H]1CC=CCC1)C(=O)[C@H]1CCC(=O)O1. The molecular weight excluding hydrogens is 318 g/mol. The fourth-order valence-corrected chi connectivity index (χ4v) is 3.71. The topological polar surface area (TPSA) is 64.4 Å². The van der Waals surface area contributed by atoms with Crippen molar-refractivity contribution in [2.45, 2.75) is 58.6 Å². The van der Waals surface area contributed by atoms with Crippen molar-refractivity contribution in [2.75, 3.05) is 6.54 Å². The number of rotatable bonds is 5. The van der Waals surface area contributed by atoms with Crippen molar-refractivity contribution in [1.29, 1.82) is 0 Å². The molecule has 1 aliphatic heterocycles. The highest BCUT2D eigenvalue weighted by Crippen LogP contribution is 2.24. The van der Waals surface area contributed by atoms with Crippen molar-refractivity contribution in [3.05, 3.63) is 29.1 Å². The van der Waals surface area contributed by atoms with E-state index in [-0.39, 0.29) is 11.9 Å². The largest absolute Gasteiger partial charge is 0.452 e. The van der Waals surface area contributed by atoms with Gasteiger partial charge in [-0.25, -0.2) is 0 Å². The number of aryl methyl sites for hydroxylation is 2. The molecule has 0 aromatic carbocycles. The quantitative estimate of drug-likeness (QED) is 0.607. The van der Waals surface area contributed by atoms with E-state index < -0.39 is 6.10 Å². The number of esters is 1. The fraction of sp³-hybridized carbons (Fsp3) is 0.632. The molecule has 2 aliphatic rings. The fourth-order valence-electron chi connectivity index (χ4n) is 3.71. The van der Waals surface area contributed by atoms with Crippen LogP contribution in [0.1, 0.15) is 49.1 Å². The van der Waals surface area contributed by atoms with E-state index in [1.165, 1.54) is 0 Å². The van der Waals surface area contributed by atoms with Gasteiger partial charge >= 0.3 is 5.97 Å². The lowest BCUT2D eigenvalue weighted by molar-refractivity contribution is -0.153. The maximum absolute atomic E-state index is 13.0. The second-order valence-corrected chi connectivity index (χ2v) is 7.16. The highest BCUT2D eigenvalue weighted by atomic mass is 16.6. The Bertz CT molecular complexity index is 692. The molecule has 0 N–H and O–H groups in total. The second-order valence-electron chi connectivity index (χ2n) is 7.16. The molecular formula is C19H27N3O3. The van der Waals surface area contributed by atoms with Crippen molar-refractivity contribution in [2.24, 2.45) is 13.0 Å². The Labute approximate surface area is 148 Å². The molecule has 1 aliphatic carbocycles. The summed E-state index contributed by atoms with van der Waals surface area (Å²) >= 11 is 0. The molecule has 1 aromatic heterocycles. The van der Waals surface area contributed by atoms with Gasteiger partial charge in [-0.05, 0) is 39.0 Å². The number of cyclic esters (lactones) is 1. The van der Waals surface area contributed by atoms with Crippen LogP contribution in [0.15, 0.2) is 12.2 Å². The first-order chi connectivity index (χ1) is 12.0. The van der Waals surface area contributed by atoms with Crippen LogP contribution in [0.2, 0.25) is 0 Å². The van der Waals surface area contributed by atoms with Gasteiger partial charge < -0.3 is 9.64 Å². The number of carbonyl (C=O) groups is 2. The van der Waals surface area contributed by atoms with E-state index in [0.717, 1.165) is 36.2 Å². The molecule has 1 amide bonds. The Morgan fingerprint density at radius 1 is 1.36 bits per heavy atom. The van der Waals surface area contributed by atoms with Crippen LogP contribution in [0.3, 0.4) is 0 Å². The lowest BCUT2D eigenvalue weighted by atomic mass is 9.93. The molecule has 0 bridgehead atoms. The van der Waals surface area contributed by atoms with Crippen LogP contribution in [0.25, 0.3) is 0 Å². The van der Waals surface area contributed by atoms with E-state index in [1.54, 1.807) is 0 Å². The summed E-state index contributed by atoms with van der Waals surface area (Å²) in [6, 6.07) is 0. The molecule has 25 heavy (non-hydrogen) atoms. The van der Waals surface area contributed by atoms with Crippen LogP contribution in [-0.2, 0) is 27.9 Å². The zero-order chi connectivity index (χ0) is 18.0. The average Bonchev–Trinajstić information content (AvgIpc) is 3.13. The Balaban J connectivity index is 1.79. The lowest BCUT2D eigenvalue weighted by Gasteiger charge is -2.30. The third-order valence-corrected chi connectivity index (χ3v) is 5.34. The summed E-state index contributed by atoms with van der Waals surface area (Å²) in [6.07, 6.45) is 7.77. The van der Waals surface area contributed by atoms with Gasteiger partial charge in [0.05, 0.1) is 5.69 Å². The first-order valence-electron chi connectivity index (χ1n) is 9.08. The molecule has 6 heteroatoms. The second kappa shape index (κ2) is 7.42. The number of nitrogens with zero attached hydrogens (tertiary/aromatic N) is 3. The molecule has 1 fully saturated rings. The Hall–Kier alpha value is -2.11. The minimum Gasteiger partial charge on any atom is -0.452 e. The molecule has 0 saturated carbocycles. The van der Waals surface area contributed by atoms with Crippen LogP contribution in [-0.4, -0.2) is 39.2 Å². The van der Waals surface area contributed by atoms with Gasteiger partial charge in [0.25, 0.3) is 5.91 Å². The molecule has 1 saturated heterocycles. The van der Waals surface area contributed by atoms with Crippen LogP contribution in [0.4, 0.5) is 0 Å². The zero-order valence-corrected chi connectivity index (χ0v) is 15.3. The summed E-state index contributed by atoms with van der Waals surface area (Å²) in [5.41, 5.74) is 3.11. The number of carbonyl (C=O) groups excluding carboxylic acids is 2. The third kappa shape index (κ3) is 3.94. The molecule has 0 unspecified atom stereocenters. The van der Waals surface area contributed by atoms with Gasteiger partial charge in [-0.15, -0.1) is 0 Å². The molecule has 6 nitrogen and oxygen atoms in total. The molecule has 2 heterocycles. The molecule has 2 atom stereocenters. The highest BCUT2D eigenvalue weighted by Gasteiger charge is 2.34. The third-order valence-electron chi connectivity index (χ3n) is 5.34. The molecule has 3 rings (SSSR count). The van der Waals surface area contributed by atoms with Crippen molar-refractivity contribution in [1.82, 2.24) is 14.7 Å². The van der Waals surface area contributed by atoms with Crippen molar-refractivity contribution in [3.8, 4) is 0 Å². The maximum atomic E-state index is 13.0. The Kier molecular flexibility index (Phi) is 5.25. The summed E-state index contributed by atoms with van der Waals surface area (Å²) in [4.78, 5) is 26.3. The average molecular weight is 345 g/mol. The van der Waals surface area contributed by atoms with Crippen molar-refractivity contribution in [3.63, 3.8) is 0 Å². The van der Waals surface area contributed by atoms with Gasteiger partial charge in [0.15, 0.2) is 6.10 Å². The van der Waals surface area contributed by atoms with Crippen LogP contribution < -0.4 is 0 Å². The number of ether oxygens (including phenoxy) is 1. The predicted octanol–water partition coefficient (Wildman–Crippen LogP) is 2.43. The number of aromatic nitrogens is 2. The van der Waals surface area contributed by atoms with E-state index in [2.05, 4.69) is 17.3 Å². The molecule has 136 valence electrons. The number of hydrogen-bond donors (Lipinski definition) is 0. The van der Waals surface area contributed by atoms with Crippen LogP contribution >= 0.6 is 0 Å². The Morgan fingerprint density at radius 2 is 2.16 bits per heavy atom. The van der Waals surface area contributed by atoms with E-state index in [4.69, 9.17) is 4.74 Å². The van der Waals surface area contributed by atoms with Gasteiger partial charge in [0.1, 0.15) is 0 Å². The minimum atomic E-state index is -0.621. The van der Waals surface area contributed by atoms with Gasteiger partial charge in [-0.3, -0.25) is 14.3 Å². The summed E-state index contributed by atoms with van der Waals surface area (Å²) in [6.45, 7) is 5.23. The smallest absolute Gasteiger partial charge is 0.306 e. The van der Waals surface area contributed by atoms with E-state index >= 15 is 0 Å². The van der Waals surface area contributed by atoms with Gasteiger partial charge in [-0.1, -0.05) is 12.2 Å². The number of hydrogen-bond acceptors (Lipinski definition) is 4. The summed E-state index contributed by atoms with van der Waals surface area (Å²) < 4.78 is 7.09. The summed E-state index contributed by atoms with van der Waals surface area (Å²) in [5, 5.41) is 4.46. The molecule has 0 radical (unpaired) electrons. The maximum Gasteiger partial charge on any atom is 0.306 e. The minimum absolute atomic E-state index is 0.0666. The van der Waals surface area contributed by atoms with Crippen LogP contribution in [0.5, 0.6) is 0 Å². The van der Waals surface area contributed by atoms with Crippen molar-refractivity contribution < 1.29 is 14.3 Å². The first kappa shape index (κ1) is 17.7. The standard InChI is InChI=1S/C19H27N3O3/c1-13-16(14(2)21(3)20-13)12-22(11-15-7-5-4-6-8-15)19(24)17-9-10-18(23)25-17/h4-5,15,17H,6-12H2,1-3H3/t15-,17+/m0/s1. The van der Waals surface area contributed by atoms with E-state index in [0.29, 0.717) is 31.8 Å². The predicted molar refractivity (Wildman–Crippen MR) is 93.7 cm³/mol. The molecule has 0 spiro atoms. The monoisotopic (exact) mass is 345 g/mol. The lowest BCUT2D eigenvalue weighted by Crippen LogP contribution is -2.41. The number of amides is 1. The number of allylic oxidation sites excluding steroid dienone is 2. The Morgan fingerprint density at radius 3 is 2.72 bits per heavy atom. The van der Waals surface area contributed by atoms with Gasteiger partial charge in [0, 0.05) is 44.2 Å². The normalized spacial score (nSPS) is 22.9. The van der Waals surface area contributed by atoms with Crippen LogP contribution in [0, 0.1) is 19.8 Å². The van der Waals surface area contributed by atoms with Gasteiger partial charge in [0.2, 0.25) is 0 Å². The first-order valence-corrected chi connectivity index (χ1v) is 9.08. The van der Waals surface area contributed by atoms with E-state index in [1.807, 2.05) is 30.5 Å². The van der Waals surface area contributed by atoms with E-state index in [9.17, 15) is 9.59 Å².